The number of ether oxygens (including phenoxy) is 6. The van der Waals surface area contributed by atoms with Gasteiger partial charge >= 0.3 is 0 Å². The summed E-state index contributed by atoms with van der Waals surface area (Å²) in [5.41, 5.74) is 2.23. The normalized spacial score (nSPS) is 14.2. The van der Waals surface area contributed by atoms with Crippen LogP contribution in [0.2, 0.25) is 0 Å². The van der Waals surface area contributed by atoms with Gasteiger partial charge < -0.3 is 37.3 Å². The summed E-state index contributed by atoms with van der Waals surface area (Å²) in [6.07, 6.45) is 18.0. The summed E-state index contributed by atoms with van der Waals surface area (Å²) >= 11 is 0. The molecule has 0 aliphatic carbocycles. The van der Waals surface area contributed by atoms with E-state index in [0.717, 1.165) is 36.5 Å². The van der Waals surface area contributed by atoms with Crippen molar-refractivity contribution in [2.24, 2.45) is 0 Å². The van der Waals surface area contributed by atoms with Crippen molar-refractivity contribution in [1.82, 2.24) is 9.80 Å². The average Bonchev–Trinajstić information content (AvgIpc) is 4.06. The van der Waals surface area contributed by atoms with Crippen LogP contribution in [0.25, 0.3) is 33.3 Å². The topological polar surface area (TPSA) is 122 Å². The molecule has 0 N–H and O–H groups in total. The SMILES string of the molecule is CCCCCCCCCCOc1ccc2cc(C3=C4C(=O)N(CC(OCC)OCC)C(c5cc6ccc(OCCCCCCCCCC)cc6o5)=C4C(=O)N3CC(OCC)OCC)oc2c1. The second kappa shape index (κ2) is 26.6. The molecule has 12 heteroatoms. The minimum absolute atomic E-state index is 0.0214. The van der Waals surface area contributed by atoms with E-state index in [1.165, 1.54) is 77.0 Å². The second-order valence-corrected chi connectivity index (χ2v) is 17.2. The van der Waals surface area contributed by atoms with E-state index in [2.05, 4.69) is 13.8 Å². The molecule has 0 spiro atoms. The smallest absolute Gasteiger partial charge is 0.261 e. The van der Waals surface area contributed by atoms with Gasteiger partial charge in [-0.25, -0.2) is 0 Å². The monoisotopic (exact) mass is 913 g/mol. The van der Waals surface area contributed by atoms with E-state index < -0.39 is 24.4 Å². The van der Waals surface area contributed by atoms with E-state index in [4.69, 9.17) is 37.3 Å². The fourth-order valence-electron chi connectivity index (χ4n) is 8.89. The number of rotatable bonds is 34. The van der Waals surface area contributed by atoms with Gasteiger partial charge in [-0.2, -0.15) is 0 Å². The van der Waals surface area contributed by atoms with Gasteiger partial charge in [-0.05, 0) is 76.9 Å². The number of hydrogen-bond acceptors (Lipinski definition) is 10. The second-order valence-electron chi connectivity index (χ2n) is 17.2. The third-order valence-electron chi connectivity index (χ3n) is 12.2. The fraction of sp³-hybridized carbons (Fsp3) is 0.593. The predicted molar refractivity (Wildman–Crippen MR) is 260 cm³/mol. The molecule has 0 bridgehead atoms. The number of fused-ring (bicyclic) bond motifs is 3. The summed E-state index contributed by atoms with van der Waals surface area (Å²) in [7, 11) is 0. The van der Waals surface area contributed by atoms with Gasteiger partial charge in [-0.15, -0.1) is 0 Å². The van der Waals surface area contributed by atoms with Crippen LogP contribution in [0.1, 0.15) is 156 Å². The molecule has 2 aliphatic rings. The molecule has 362 valence electrons. The van der Waals surface area contributed by atoms with Crippen LogP contribution in [-0.2, 0) is 28.5 Å². The Balaban J connectivity index is 1.33. The zero-order valence-corrected chi connectivity index (χ0v) is 40.7. The van der Waals surface area contributed by atoms with Crippen LogP contribution >= 0.6 is 0 Å². The van der Waals surface area contributed by atoms with Gasteiger partial charge in [0.1, 0.15) is 34.1 Å². The van der Waals surface area contributed by atoms with E-state index in [0.29, 0.717) is 85.2 Å². The summed E-state index contributed by atoms with van der Waals surface area (Å²) in [4.78, 5) is 33.4. The standard InChI is InChI=1S/C54H76N2O10/c1-7-13-15-17-19-21-23-25-31-63-41-29-27-39-33-45(65-43(39)35-41)51-49-50(54(58)55(51)37-47(59-9-3)60-10-4)52(56(53(49)57)38-48(61-11-5)62-12-6)46-34-40-28-30-42(36-44(40)66-46)64-32-26-24-22-20-18-16-14-8-2/h27-30,33-36,47-48H,7-26,31-32,37-38H2,1-6H3. The molecule has 4 aromatic rings. The molecule has 2 aliphatic heterocycles. The first-order valence-electron chi connectivity index (χ1n) is 25.3. The van der Waals surface area contributed by atoms with Gasteiger partial charge in [-0.3, -0.25) is 19.4 Å². The summed E-state index contributed by atoms with van der Waals surface area (Å²) in [5, 5.41) is 1.61. The maximum atomic E-state index is 15.1. The van der Waals surface area contributed by atoms with Gasteiger partial charge in [0.25, 0.3) is 11.8 Å². The van der Waals surface area contributed by atoms with Crippen molar-refractivity contribution >= 4 is 45.1 Å². The third kappa shape index (κ3) is 13.3. The highest BCUT2D eigenvalue weighted by Crippen LogP contribution is 2.48. The molecule has 66 heavy (non-hydrogen) atoms. The summed E-state index contributed by atoms with van der Waals surface area (Å²) in [6.45, 7) is 14.7. The number of unbranched alkanes of at least 4 members (excludes halogenated alkanes) is 14. The lowest BCUT2D eigenvalue weighted by molar-refractivity contribution is -0.151. The van der Waals surface area contributed by atoms with Gasteiger partial charge in [0, 0.05) is 49.3 Å². The Morgan fingerprint density at radius 1 is 0.455 bits per heavy atom. The van der Waals surface area contributed by atoms with Crippen LogP contribution in [0.5, 0.6) is 11.5 Å². The van der Waals surface area contributed by atoms with Crippen molar-refractivity contribution in [3.63, 3.8) is 0 Å². The first-order valence-corrected chi connectivity index (χ1v) is 25.3. The molecule has 2 amide bonds. The Morgan fingerprint density at radius 3 is 1.15 bits per heavy atom. The molecule has 12 nitrogen and oxygen atoms in total. The Bertz CT molecular complexity index is 2040. The maximum absolute atomic E-state index is 15.1. The lowest BCUT2D eigenvalue weighted by Gasteiger charge is -2.28. The highest BCUT2D eigenvalue weighted by molar-refractivity contribution is 6.30. The minimum atomic E-state index is -0.759. The van der Waals surface area contributed by atoms with Gasteiger partial charge in [-0.1, -0.05) is 104 Å². The van der Waals surface area contributed by atoms with E-state index in [1.807, 2.05) is 76.2 Å². The molecule has 0 saturated heterocycles. The molecular formula is C54H76N2O10. The summed E-state index contributed by atoms with van der Waals surface area (Å²) < 4.78 is 49.5. The Labute approximate surface area is 392 Å². The number of carbonyl (C=O) groups is 2. The molecule has 4 heterocycles. The molecule has 0 fully saturated rings. The number of amides is 2. The van der Waals surface area contributed by atoms with Crippen LogP contribution in [0.15, 0.2) is 68.5 Å². The van der Waals surface area contributed by atoms with Gasteiger partial charge in [0.05, 0.1) is 37.4 Å². The Hall–Kier alpha value is -4.62. The van der Waals surface area contributed by atoms with Crippen molar-refractivity contribution in [3.05, 3.63) is 71.2 Å². The van der Waals surface area contributed by atoms with Crippen molar-refractivity contribution in [1.29, 1.82) is 0 Å². The van der Waals surface area contributed by atoms with Gasteiger partial charge in [0.2, 0.25) is 0 Å². The van der Waals surface area contributed by atoms with E-state index in [-0.39, 0.29) is 24.2 Å². The Kier molecular flexibility index (Phi) is 20.5. The number of nitrogens with zero attached hydrogens (tertiary/aromatic N) is 2. The average molecular weight is 913 g/mol. The van der Waals surface area contributed by atoms with E-state index >= 15 is 9.59 Å². The van der Waals surface area contributed by atoms with Crippen molar-refractivity contribution in [3.8, 4) is 11.5 Å². The van der Waals surface area contributed by atoms with Crippen LogP contribution in [0.4, 0.5) is 0 Å². The molecule has 6 rings (SSSR count). The van der Waals surface area contributed by atoms with Crippen LogP contribution < -0.4 is 9.47 Å². The summed E-state index contributed by atoms with van der Waals surface area (Å²) in [6, 6.07) is 15.3. The highest BCUT2D eigenvalue weighted by atomic mass is 16.7. The fourth-order valence-corrected chi connectivity index (χ4v) is 8.89. The zero-order valence-electron chi connectivity index (χ0n) is 40.7. The zero-order chi connectivity index (χ0) is 46.7. The summed E-state index contributed by atoms with van der Waals surface area (Å²) in [5.74, 6) is 1.32. The molecule has 2 aromatic carbocycles. The van der Waals surface area contributed by atoms with Crippen LogP contribution in [-0.4, -0.2) is 86.9 Å². The van der Waals surface area contributed by atoms with E-state index in [1.54, 1.807) is 9.80 Å². The quantitative estimate of drug-likeness (QED) is 0.0331. The van der Waals surface area contributed by atoms with Crippen molar-refractivity contribution in [2.45, 2.75) is 157 Å². The van der Waals surface area contributed by atoms with E-state index in [9.17, 15) is 0 Å². The first-order chi connectivity index (χ1) is 32.3. The van der Waals surface area contributed by atoms with Crippen LogP contribution in [0.3, 0.4) is 0 Å². The largest absolute Gasteiger partial charge is 0.493 e. The van der Waals surface area contributed by atoms with Crippen LogP contribution in [0, 0.1) is 0 Å². The number of carbonyl (C=O) groups excluding carboxylic acids is 2. The first kappa shape index (κ1) is 50.8. The minimum Gasteiger partial charge on any atom is -0.493 e. The molecule has 0 radical (unpaired) electrons. The van der Waals surface area contributed by atoms with Crippen molar-refractivity contribution in [2.75, 3.05) is 52.7 Å². The van der Waals surface area contributed by atoms with Gasteiger partial charge in [0.15, 0.2) is 24.1 Å². The lowest BCUT2D eigenvalue weighted by Crippen LogP contribution is -2.39. The predicted octanol–water partition coefficient (Wildman–Crippen LogP) is 12.8. The molecule has 0 unspecified atom stereocenters. The molecule has 2 aromatic heterocycles. The molecular weight excluding hydrogens is 837 g/mol. The number of benzene rings is 2. The molecule has 0 atom stereocenters. The number of furan rings is 2. The highest BCUT2D eigenvalue weighted by Gasteiger charge is 2.51. The third-order valence-corrected chi connectivity index (χ3v) is 12.2. The van der Waals surface area contributed by atoms with Crippen molar-refractivity contribution < 1.29 is 46.8 Å². The lowest BCUT2D eigenvalue weighted by atomic mass is 10.1. The maximum Gasteiger partial charge on any atom is 0.261 e. The molecule has 0 saturated carbocycles. The Morgan fingerprint density at radius 2 is 0.803 bits per heavy atom. The number of hydrogen-bond donors (Lipinski definition) is 0.